The van der Waals surface area contributed by atoms with E-state index in [1.54, 1.807) is 0 Å². The molecule has 0 atom stereocenters. The number of Topliss-reactive ketones (excluding diaryl/α,β-unsaturated/α-hetero) is 4. The van der Waals surface area contributed by atoms with E-state index in [-0.39, 0.29) is 36.0 Å². The number of hydrogen-bond acceptors (Lipinski definition) is 4. The zero-order valence-corrected chi connectivity index (χ0v) is 15.5. The van der Waals surface area contributed by atoms with Crippen molar-refractivity contribution in [1.29, 1.82) is 0 Å². The molecule has 0 aromatic rings. The lowest BCUT2D eigenvalue weighted by Crippen LogP contribution is -2.03. The van der Waals surface area contributed by atoms with Crippen molar-refractivity contribution >= 4 is 23.1 Å². The Morgan fingerprint density at radius 3 is 0.958 bits per heavy atom. The molecule has 0 aromatic heterocycles. The van der Waals surface area contributed by atoms with Crippen LogP contribution in [-0.4, -0.2) is 23.1 Å². The molecule has 0 aliphatic heterocycles. The van der Waals surface area contributed by atoms with E-state index in [2.05, 4.69) is 0 Å². The van der Waals surface area contributed by atoms with Gasteiger partial charge in [-0.2, -0.15) is 0 Å². The van der Waals surface area contributed by atoms with E-state index in [0.29, 0.717) is 12.8 Å². The highest BCUT2D eigenvalue weighted by molar-refractivity contribution is 5.98. The summed E-state index contributed by atoms with van der Waals surface area (Å²) in [5.41, 5.74) is 0. The molecule has 0 aliphatic carbocycles. The number of rotatable bonds is 17. The Balaban J connectivity index is 3.23. The predicted molar refractivity (Wildman–Crippen MR) is 96.0 cm³/mol. The van der Waals surface area contributed by atoms with Gasteiger partial charge in [0, 0.05) is 12.8 Å². The van der Waals surface area contributed by atoms with Gasteiger partial charge in [0.15, 0.2) is 0 Å². The lowest BCUT2D eigenvalue weighted by atomic mass is 10.0. The van der Waals surface area contributed by atoms with Gasteiger partial charge < -0.3 is 0 Å². The molecule has 0 heterocycles. The minimum atomic E-state index is -0.0387. The van der Waals surface area contributed by atoms with Crippen LogP contribution in [0.5, 0.6) is 0 Å². The molecule has 24 heavy (non-hydrogen) atoms. The van der Waals surface area contributed by atoms with Crippen LogP contribution >= 0.6 is 0 Å². The molecule has 0 unspecified atom stereocenters. The first-order chi connectivity index (χ1) is 11.4. The molecule has 4 nitrogen and oxygen atoms in total. The highest BCUT2D eigenvalue weighted by atomic mass is 16.2. The number of ketones is 4. The molecule has 0 amide bonds. The maximum Gasteiger partial charge on any atom is 0.140 e. The smallest absolute Gasteiger partial charge is 0.140 e. The van der Waals surface area contributed by atoms with Crippen LogP contribution in [0.25, 0.3) is 0 Å². The first-order valence-electron chi connectivity index (χ1n) is 9.44. The van der Waals surface area contributed by atoms with Crippen molar-refractivity contribution < 1.29 is 19.2 Å². The first-order valence-corrected chi connectivity index (χ1v) is 9.44. The third kappa shape index (κ3) is 17.0. The van der Waals surface area contributed by atoms with Crippen LogP contribution in [0, 0.1) is 0 Å². The van der Waals surface area contributed by atoms with Gasteiger partial charge in [0.05, 0.1) is 12.8 Å². The van der Waals surface area contributed by atoms with E-state index in [1.165, 1.54) is 39.5 Å². The van der Waals surface area contributed by atoms with E-state index >= 15 is 0 Å². The largest absolute Gasteiger partial charge is 0.300 e. The molecule has 4 heteroatoms. The quantitative estimate of drug-likeness (QED) is 0.283. The minimum Gasteiger partial charge on any atom is -0.300 e. The molecule has 0 bridgehead atoms. The molecular weight excluding hydrogens is 304 g/mol. The molecule has 0 radical (unpaired) electrons. The predicted octanol–water partition coefficient (Wildman–Crippen LogP) is 4.76. The minimum absolute atomic E-state index is 0.0387. The van der Waals surface area contributed by atoms with Crippen molar-refractivity contribution in [2.45, 2.75) is 104 Å². The van der Waals surface area contributed by atoms with E-state index in [0.717, 1.165) is 38.5 Å². The average molecular weight is 338 g/mol. The number of carbonyl (C=O) groups is 4. The molecule has 0 aromatic carbocycles. The van der Waals surface area contributed by atoms with Crippen LogP contribution in [0.1, 0.15) is 104 Å². The fourth-order valence-electron chi connectivity index (χ4n) is 2.79. The van der Waals surface area contributed by atoms with Crippen molar-refractivity contribution in [2.24, 2.45) is 0 Å². The summed E-state index contributed by atoms with van der Waals surface area (Å²) in [5.74, 6) is 0.0694. The Labute approximate surface area is 146 Å². The van der Waals surface area contributed by atoms with Crippen molar-refractivity contribution in [2.75, 3.05) is 0 Å². The molecule has 0 saturated carbocycles. The summed E-state index contributed by atoms with van der Waals surface area (Å²) < 4.78 is 0. The van der Waals surface area contributed by atoms with Gasteiger partial charge in [0.2, 0.25) is 0 Å². The fourth-order valence-corrected chi connectivity index (χ4v) is 2.79. The van der Waals surface area contributed by atoms with Crippen LogP contribution in [0.2, 0.25) is 0 Å². The summed E-state index contributed by atoms with van der Waals surface area (Å²) in [6, 6.07) is 0. The summed E-state index contributed by atoms with van der Waals surface area (Å²) in [6.45, 7) is 2.92. The molecular formula is C20H34O4. The molecule has 0 fully saturated rings. The van der Waals surface area contributed by atoms with Crippen LogP contribution in [0.15, 0.2) is 0 Å². The van der Waals surface area contributed by atoms with Crippen LogP contribution in [-0.2, 0) is 19.2 Å². The van der Waals surface area contributed by atoms with E-state index in [1.807, 2.05) is 0 Å². The standard InChI is InChI=1S/C20H34O4/c1-17(21)15-19(23)13-11-9-7-5-3-4-6-8-10-12-14-20(24)16-18(2)22/h3-16H2,1-2H3. The summed E-state index contributed by atoms with van der Waals surface area (Å²) in [5, 5.41) is 0. The molecule has 138 valence electrons. The maximum absolute atomic E-state index is 11.3. The molecule has 0 rings (SSSR count). The Bertz CT molecular complexity index is 360. The van der Waals surface area contributed by atoms with Gasteiger partial charge in [-0.25, -0.2) is 0 Å². The van der Waals surface area contributed by atoms with Crippen LogP contribution in [0.3, 0.4) is 0 Å². The average Bonchev–Trinajstić information content (AvgIpc) is 2.46. The molecule has 0 aliphatic rings. The zero-order valence-electron chi connectivity index (χ0n) is 15.5. The van der Waals surface area contributed by atoms with Gasteiger partial charge in [-0.15, -0.1) is 0 Å². The third-order valence-corrected chi connectivity index (χ3v) is 4.05. The van der Waals surface area contributed by atoms with Crippen molar-refractivity contribution in [3.63, 3.8) is 0 Å². The van der Waals surface area contributed by atoms with Crippen LogP contribution < -0.4 is 0 Å². The van der Waals surface area contributed by atoms with Gasteiger partial charge in [-0.3, -0.25) is 19.2 Å². The Morgan fingerprint density at radius 1 is 0.458 bits per heavy atom. The Hall–Kier alpha value is -1.32. The van der Waals surface area contributed by atoms with Crippen molar-refractivity contribution in [1.82, 2.24) is 0 Å². The first kappa shape index (κ1) is 22.7. The number of carbonyl (C=O) groups excluding carboxylic acids is 4. The Morgan fingerprint density at radius 2 is 0.708 bits per heavy atom. The summed E-state index contributed by atoms with van der Waals surface area (Å²) in [6.07, 6.45) is 12.4. The van der Waals surface area contributed by atoms with E-state index in [4.69, 9.17) is 0 Å². The summed E-state index contributed by atoms with van der Waals surface area (Å²) in [4.78, 5) is 44.3. The van der Waals surface area contributed by atoms with Crippen LogP contribution in [0.4, 0.5) is 0 Å². The normalized spacial score (nSPS) is 10.6. The maximum atomic E-state index is 11.3. The Kier molecular flexibility index (Phi) is 14.4. The molecule has 0 spiro atoms. The van der Waals surface area contributed by atoms with Gasteiger partial charge >= 0.3 is 0 Å². The van der Waals surface area contributed by atoms with Gasteiger partial charge in [0.1, 0.15) is 23.1 Å². The second-order valence-electron chi connectivity index (χ2n) is 6.87. The number of unbranched alkanes of at least 4 members (excludes halogenated alkanes) is 9. The lowest BCUT2D eigenvalue weighted by Gasteiger charge is -2.03. The zero-order chi connectivity index (χ0) is 18.2. The molecule has 0 saturated heterocycles. The molecule has 0 N–H and O–H groups in total. The SMILES string of the molecule is CC(=O)CC(=O)CCCCCCCCCCCCC(=O)CC(C)=O. The van der Waals surface area contributed by atoms with Crippen molar-refractivity contribution in [3.05, 3.63) is 0 Å². The number of hydrogen-bond donors (Lipinski definition) is 0. The van der Waals surface area contributed by atoms with Gasteiger partial charge in [-0.05, 0) is 26.7 Å². The monoisotopic (exact) mass is 338 g/mol. The second kappa shape index (κ2) is 15.2. The summed E-state index contributed by atoms with van der Waals surface area (Å²) >= 11 is 0. The van der Waals surface area contributed by atoms with Gasteiger partial charge in [0.25, 0.3) is 0 Å². The van der Waals surface area contributed by atoms with E-state index in [9.17, 15) is 19.2 Å². The topological polar surface area (TPSA) is 68.3 Å². The second-order valence-corrected chi connectivity index (χ2v) is 6.87. The van der Waals surface area contributed by atoms with Crippen molar-refractivity contribution in [3.8, 4) is 0 Å². The highest BCUT2D eigenvalue weighted by Crippen LogP contribution is 2.12. The third-order valence-electron chi connectivity index (χ3n) is 4.05. The summed E-state index contributed by atoms with van der Waals surface area (Å²) in [7, 11) is 0. The lowest BCUT2D eigenvalue weighted by molar-refractivity contribution is -0.127. The van der Waals surface area contributed by atoms with E-state index < -0.39 is 0 Å². The van der Waals surface area contributed by atoms with Gasteiger partial charge in [-0.1, -0.05) is 51.4 Å². The fraction of sp³-hybridized carbons (Fsp3) is 0.800. The highest BCUT2D eigenvalue weighted by Gasteiger charge is 2.05.